The molecule has 2 heterocycles. The van der Waals surface area contributed by atoms with Crippen molar-refractivity contribution < 1.29 is 4.79 Å². The fourth-order valence-corrected chi connectivity index (χ4v) is 2.70. The van der Waals surface area contributed by atoms with Crippen molar-refractivity contribution in [1.82, 2.24) is 24.7 Å². The molecule has 6 nitrogen and oxygen atoms in total. The second-order valence-electron chi connectivity index (χ2n) is 5.90. The molecule has 1 aromatic rings. The van der Waals surface area contributed by atoms with Crippen LogP contribution in [0.5, 0.6) is 0 Å². The first-order valence-electron chi connectivity index (χ1n) is 7.82. The van der Waals surface area contributed by atoms with Crippen LogP contribution in [0.2, 0.25) is 0 Å². The van der Waals surface area contributed by atoms with E-state index >= 15 is 0 Å². The van der Waals surface area contributed by atoms with Gasteiger partial charge in [-0.1, -0.05) is 0 Å². The van der Waals surface area contributed by atoms with Crippen LogP contribution in [-0.4, -0.2) is 65.2 Å². The average Bonchev–Trinajstić information content (AvgIpc) is 3.00. The van der Waals surface area contributed by atoms with Gasteiger partial charge in [-0.2, -0.15) is 0 Å². The summed E-state index contributed by atoms with van der Waals surface area (Å²) in [6, 6.07) is 0.693. The molecule has 0 atom stereocenters. The standard InChI is InChI=1S/C15H27N5O/c1-18(2)15(21)20-10-5-14(6-11-20)17-7-3-4-9-19-12-8-16-13-19/h8,12-14,17H,3-7,9-11H2,1-2H3. The Balaban J connectivity index is 1.54. The van der Waals surface area contributed by atoms with Gasteiger partial charge >= 0.3 is 6.03 Å². The largest absolute Gasteiger partial charge is 0.337 e. The molecule has 1 aliphatic rings. The first-order chi connectivity index (χ1) is 10.2. The molecule has 2 rings (SSSR count). The second-order valence-corrected chi connectivity index (χ2v) is 5.90. The van der Waals surface area contributed by atoms with Gasteiger partial charge in [-0.25, -0.2) is 9.78 Å². The molecule has 0 aliphatic carbocycles. The summed E-state index contributed by atoms with van der Waals surface area (Å²) >= 11 is 0. The van der Waals surface area contributed by atoms with Crippen LogP contribution in [0.3, 0.4) is 0 Å². The summed E-state index contributed by atoms with van der Waals surface area (Å²) in [7, 11) is 3.62. The van der Waals surface area contributed by atoms with Crippen molar-refractivity contribution in [3.05, 3.63) is 18.7 Å². The smallest absolute Gasteiger partial charge is 0.319 e. The summed E-state index contributed by atoms with van der Waals surface area (Å²) in [6.45, 7) is 3.83. The fourth-order valence-electron chi connectivity index (χ4n) is 2.70. The highest BCUT2D eigenvalue weighted by Crippen LogP contribution is 2.11. The lowest BCUT2D eigenvalue weighted by Crippen LogP contribution is -2.48. The Morgan fingerprint density at radius 2 is 2.10 bits per heavy atom. The van der Waals surface area contributed by atoms with E-state index in [0.29, 0.717) is 6.04 Å². The second kappa shape index (κ2) is 8.02. The molecular formula is C15H27N5O. The van der Waals surface area contributed by atoms with Gasteiger partial charge in [0.25, 0.3) is 0 Å². The van der Waals surface area contributed by atoms with E-state index in [4.69, 9.17) is 0 Å². The van der Waals surface area contributed by atoms with Gasteiger partial charge in [0.05, 0.1) is 6.33 Å². The third-order valence-electron chi connectivity index (χ3n) is 3.98. The van der Waals surface area contributed by atoms with Crippen LogP contribution in [0, 0.1) is 0 Å². The number of aromatic nitrogens is 2. The van der Waals surface area contributed by atoms with Crippen LogP contribution in [-0.2, 0) is 6.54 Å². The molecule has 0 spiro atoms. The number of imidazole rings is 1. The van der Waals surface area contributed by atoms with Crippen molar-refractivity contribution in [2.24, 2.45) is 0 Å². The molecule has 0 aromatic carbocycles. The summed E-state index contributed by atoms with van der Waals surface area (Å²) in [5.74, 6) is 0. The maximum atomic E-state index is 11.8. The number of aryl methyl sites for hydroxylation is 1. The highest BCUT2D eigenvalue weighted by atomic mass is 16.2. The zero-order chi connectivity index (χ0) is 15.1. The molecule has 1 aliphatic heterocycles. The Morgan fingerprint density at radius 3 is 2.71 bits per heavy atom. The molecule has 0 saturated carbocycles. The molecule has 1 aromatic heterocycles. The summed E-state index contributed by atoms with van der Waals surface area (Å²) in [5.41, 5.74) is 0. The van der Waals surface area contributed by atoms with E-state index in [1.54, 1.807) is 4.90 Å². The van der Waals surface area contributed by atoms with Gasteiger partial charge in [-0.05, 0) is 32.2 Å². The average molecular weight is 293 g/mol. The molecule has 1 saturated heterocycles. The third-order valence-corrected chi connectivity index (χ3v) is 3.98. The summed E-state index contributed by atoms with van der Waals surface area (Å²) < 4.78 is 2.12. The van der Waals surface area contributed by atoms with Crippen molar-refractivity contribution in [2.75, 3.05) is 33.7 Å². The number of carbonyl (C=O) groups excluding carboxylic acids is 1. The minimum absolute atomic E-state index is 0.133. The van der Waals surface area contributed by atoms with Crippen molar-refractivity contribution in [3.63, 3.8) is 0 Å². The van der Waals surface area contributed by atoms with Gasteiger partial charge in [0.15, 0.2) is 0 Å². The van der Waals surface area contributed by atoms with Crippen molar-refractivity contribution >= 4 is 6.03 Å². The predicted octanol–water partition coefficient (Wildman–Crippen LogP) is 1.40. The van der Waals surface area contributed by atoms with Crippen molar-refractivity contribution in [3.8, 4) is 0 Å². The SMILES string of the molecule is CN(C)C(=O)N1CCC(NCCCCn2ccnc2)CC1. The van der Waals surface area contributed by atoms with E-state index in [-0.39, 0.29) is 6.03 Å². The monoisotopic (exact) mass is 293 g/mol. The van der Waals surface area contributed by atoms with Crippen LogP contribution in [0.25, 0.3) is 0 Å². The number of likely N-dealkylation sites (tertiary alicyclic amines) is 1. The summed E-state index contributed by atoms with van der Waals surface area (Å²) in [5, 5.41) is 3.61. The van der Waals surface area contributed by atoms with E-state index in [2.05, 4.69) is 14.9 Å². The van der Waals surface area contributed by atoms with E-state index in [1.165, 1.54) is 12.8 Å². The molecular weight excluding hydrogens is 266 g/mol. The number of amides is 2. The first kappa shape index (κ1) is 15.8. The Kier molecular flexibility index (Phi) is 6.04. The molecule has 1 N–H and O–H groups in total. The Hall–Kier alpha value is -1.56. The minimum atomic E-state index is 0.133. The van der Waals surface area contributed by atoms with Crippen molar-refractivity contribution in [1.29, 1.82) is 0 Å². The first-order valence-corrected chi connectivity index (χ1v) is 7.82. The van der Waals surface area contributed by atoms with Gasteiger partial charge in [0, 0.05) is 52.2 Å². The number of piperidine rings is 1. The number of nitrogens with zero attached hydrogens (tertiary/aromatic N) is 4. The molecule has 0 bridgehead atoms. The number of unbranched alkanes of at least 4 members (excludes halogenated alkanes) is 1. The molecule has 21 heavy (non-hydrogen) atoms. The lowest BCUT2D eigenvalue weighted by atomic mass is 10.1. The lowest BCUT2D eigenvalue weighted by molar-refractivity contribution is 0.152. The number of hydrogen-bond donors (Lipinski definition) is 1. The van der Waals surface area contributed by atoms with Crippen LogP contribution in [0.4, 0.5) is 4.79 Å². The van der Waals surface area contributed by atoms with E-state index < -0.39 is 0 Å². The molecule has 118 valence electrons. The summed E-state index contributed by atoms with van der Waals surface area (Å²) in [6.07, 6.45) is 10.1. The Bertz CT molecular complexity index is 410. The summed E-state index contributed by atoms with van der Waals surface area (Å²) in [4.78, 5) is 19.5. The molecule has 6 heteroatoms. The van der Waals surface area contributed by atoms with Gasteiger partial charge in [-0.15, -0.1) is 0 Å². The number of hydrogen-bond acceptors (Lipinski definition) is 3. The topological polar surface area (TPSA) is 53.4 Å². The predicted molar refractivity (Wildman–Crippen MR) is 83.1 cm³/mol. The molecule has 0 unspecified atom stereocenters. The van der Waals surface area contributed by atoms with E-state index in [0.717, 1.165) is 39.0 Å². The molecule has 0 radical (unpaired) electrons. The normalized spacial score (nSPS) is 16.2. The number of rotatable bonds is 6. The van der Waals surface area contributed by atoms with Crippen LogP contribution in [0.15, 0.2) is 18.7 Å². The zero-order valence-corrected chi connectivity index (χ0v) is 13.2. The van der Waals surface area contributed by atoms with Crippen molar-refractivity contribution in [2.45, 2.75) is 38.3 Å². The van der Waals surface area contributed by atoms with Crippen LogP contribution in [0.1, 0.15) is 25.7 Å². The fraction of sp³-hybridized carbons (Fsp3) is 0.733. The Morgan fingerprint density at radius 1 is 1.33 bits per heavy atom. The van der Waals surface area contributed by atoms with Gasteiger partial charge < -0.3 is 19.7 Å². The maximum absolute atomic E-state index is 11.8. The number of urea groups is 1. The third kappa shape index (κ3) is 5.04. The molecule has 1 fully saturated rings. The highest BCUT2D eigenvalue weighted by Gasteiger charge is 2.22. The highest BCUT2D eigenvalue weighted by molar-refractivity contribution is 5.73. The quantitative estimate of drug-likeness (QED) is 0.807. The zero-order valence-electron chi connectivity index (χ0n) is 13.2. The number of carbonyl (C=O) groups is 1. The number of nitrogens with one attached hydrogen (secondary N) is 1. The van der Waals surface area contributed by atoms with Crippen LogP contribution >= 0.6 is 0 Å². The minimum Gasteiger partial charge on any atom is -0.337 e. The molecule has 2 amide bonds. The van der Waals surface area contributed by atoms with Gasteiger partial charge in [0.1, 0.15) is 0 Å². The van der Waals surface area contributed by atoms with E-state index in [9.17, 15) is 4.79 Å². The van der Waals surface area contributed by atoms with Gasteiger partial charge in [0.2, 0.25) is 0 Å². The van der Waals surface area contributed by atoms with Gasteiger partial charge in [-0.3, -0.25) is 0 Å². The van der Waals surface area contributed by atoms with E-state index in [1.807, 2.05) is 37.7 Å². The lowest BCUT2D eigenvalue weighted by Gasteiger charge is -2.34. The maximum Gasteiger partial charge on any atom is 0.319 e. The van der Waals surface area contributed by atoms with Crippen LogP contribution < -0.4 is 5.32 Å². The Labute approximate surface area is 127 Å².